The molecule has 0 spiro atoms. The van der Waals surface area contributed by atoms with Crippen LogP contribution in [0.4, 0.5) is 22.8 Å². The van der Waals surface area contributed by atoms with Gasteiger partial charge in [-0.1, -0.05) is 36.4 Å². The van der Waals surface area contributed by atoms with Crippen LogP contribution in [0.15, 0.2) is 52.9 Å². The highest BCUT2D eigenvalue weighted by molar-refractivity contribution is 5.74. The molecule has 2 amide bonds. The van der Waals surface area contributed by atoms with Gasteiger partial charge in [0.1, 0.15) is 29.8 Å². The Hall–Kier alpha value is -3.80. The second-order valence-corrected chi connectivity index (χ2v) is 12.6. The molecule has 238 valence electrons. The highest BCUT2D eigenvalue weighted by atomic mass is 19.4. The Bertz CT molecular complexity index is 1420. The molecule has 0 saturated heterocycles. The van der Waals surface area contributed by atoms with Crippen LogP contribution in [0.2, 0.25) is 0 Å². The third kappa shape index (κ3) is 8.87. The van der Waals surface area contributed by atoms with Crippen molar-refractivity contribution < 1.29 is 36.7 Å². The topological polar surface area (TPSA) is 115 Å². The average Bonchev–Trinajstić information content (AvgIpc) is 3.89. The Morgan fingerprint density at radius 1 is 0.977 bits per heavy atom. The molecule has 2 aliphatic rings. The number of fused-ring (bicyclic) bond motifs is 1. The normalized spacial score (nSPS) is 16.9. The first-order valence-corrected chi connectivity index (χ1v) is 15.0. The van der Waals surface area contributed by atoms with E-state index in [2.05, 4.69) is 16.0 Å². The van der Waals surface area contributed by atoms with Crippen molar-refractivity contribution in [3.63, 3.8) is 0 Å². The summed E-state index contributed by atoms with van der Waals surface area (Å²) in [6, 6.07) is 11.9. The zero-order valence-electron chi connectivity index (χ0n) is 25.1. The van der Waals surface area contributed by atoms with Gasteiger partial charge in [0, 0.05) is 13.1 Å². The van der Waals surface area contributed by atoms with Crippen LogP contribution in [0, 0.1) is 17.8 Å². The zero-order chi connectivity index (χ0) is 31.5. The summed E-state index contributed by atoms with van der Waals surface area (Å²) in [5.41, 5.74) is 1.54. The van der Waals surface area contributed by atoms with E-state index in [1.807, 2.05) is 30.3 Å². The summed E-state index contributed by atoms with van der Waals surface area (Å²) >= 11 is 0. The SMILES string of the molecule is CC(C)(C)OC(=O)NC[C@@H](NCc1ccc2oc([C@@H](NC(=O)OCc3ccccc3)C(C3CC3)C3CC3)nc2c1)C(F)(F)F. The van der Waals surface area contributed by atoms with Crippen molar-refractivity contribution in [2.45, 2.75) is 83.5 Å². The van der Waals surface area contributed by atoms with Crippen molar-refractivity contribution in [2.24, 2.45) is 17.8 Å². The highest BCUT2D eigenvalue weighted by Crippen LogP contribution is 2.54. The Kier molecular flexibility index (Phi) is 9.38. The van der Waals surface area contributed by atoms with Crippen LogP contribution in [-0.4, -0.2) is 41.5 Å². The molecule has 2 saturated carbocycles. The van der Waals surface area contributed by atoms with Gasteiger partial charge in [0.15, 0.2) is 5.58 Å². The van der Waals surface area contributed by atoms with Crippen LogP contribution in [0.5, 0.6) is 0 Å². The summed E-state index contributed by atoms with van der Waals surface area (Å²) in [5.74, 6) is 1.45. The lowest BCUT2D eigenvalue weighted by atomic mass is 9.89. The first kappa shape index (κ1) is 31.6. The van der Waals surface area contributed by atoms with E-state index in [0.29, 0.717) is 34.4 Å². The molecule has 0 aliphatic heterocycles. The minimum Gasteiger partial charge on any atom is -0.445 e. The molecule has 44 heavy (non-hydrogen) atoms. The summed E-state index contributed by atoms with van der Waals surface area (Å²) < 4.78 is 57.8. The smallest absolute Gasteiger partial charge is 0.408 e. The van der Waals surface area contributed by atoms with Gasteiger partial charge < -0.3 is 29.8 Å². The largest absolute Gasteiger partial charge is 0.445 e. The predicted octanol–water partition coefficient (Wildman–Crippen LogP) is 6.78. The number of hydrogen-bond donors (Lipinski definition) is 3. The summed E-state index contributed by atoms with van der Waals surface area (Å²) in [4.78, 5) is 29.5. The summed E-state index contributed by atoms with van der Waals surface area (Å²) in [7, 11) is 0. The van der Waals surface area contributed by atoms with E-state index in [4.69, 9.17) is 18.9 Å². The molecule has 3 N–H and O–H groups in total. The third-order valence-electron chi connectivity index (χ3n) is 7.74. The molecule has 5 rings (SSSR count). The van der Waals surface area contributed by atoms with Crippen LogP contribution in [0.25, 0.3) is 11.1 Å². The summed E-state index contributed by atoms with van der Waals surface area (Å²) in [6.07, 6.45) is -1.76. The first-order chi connectivity index (χ1) is 20.9. The van der Waals surface area contributed by atoms with Gasteiger partial charge in [-0.2, -0.15) is 13.2 Å². The fourth-order valence-electron chi connectivity index (χ4n) is 5.38. The van der Waals surface area contributed by atoms with E-state index in [1.165, 1.54) is 0 Å². The van der Waals surface area contributed by atoms with Crippen LogP contribution in [0.3, 0.4) is 0 Å². The van der Waals surface area contributed by atoms with Crippen molar-refractivity contribution in [1.29, 1.82) is 0 Å². The van der Waals surface area contributed by atoms with Gasteiger partial charge >= 0.3 is 18.4 Å². The second-order valence-electron chi connectivity index (χ2n) is 12.6. The van der Waals surface area contributed by atoms with Crippen molar-refractivity contribution in [1.82, 2.24) is 20.9 Å². The number of nitrogens with zero attached hydrogens (tertiary/aromatic N) is 1. The third-order valence-corrected chi connectivity index (χ3v) is 7.74. The molecule has 1 aromatic heterocycles. The van der Waals surface area contributed by atoms with Crippen LogP contribution >= 0.6 is 0 Å². The number of alkyl halides is 3. The van der Waals surface area contributed by atoms with Crippen molar-refractivity contribution >= 4 is 23.3 Å². The second kappa shape index (κ2) is 13.1. The number of nitrogens with one attached hydrogen (secondary N) is 3. The van der Waals surface area contributed by atoms with Gasteiger partial charge in [0.2, 0.25) is 5.89 Å². The number of aromatic nitrogens is 1. The fourth-order valence-corrected chi connectivity index (χ4v) is 5.38. The van der Waals surface area contributed by atoms with E-state index in [1.54, 1.807) is 39.0 Å². The maximum absolute atomic E-state index is 13.7. The standard InChI is InChI=1S/C32H39F3N4O5/c1-31(2,3)44-29(40)37-17-25(32(33,34)35)36-16-20-9-14-24-23(15-20)38-28(43-24)27(26(21-10-11-21)22-12-13-22)39-30(41)42-18-19-7-5-4-6-8-19/h4-9,14-15,21-22,25-27,36H,10-13,16-18H2,1-3H3,(H,37,40)(H,39,41)/t25-,27+/m1/s1. The fraction of sp³-hybridized carbons (Fsp3) is 0.531. The molecule has 2 aliphatic carbocycles. The number of carbonyl (C=O) groups is 2. The maximum atomic E-state index is 13.7. The minimum absolute atomic E-state index is 0.126. The molecule has 0 unspecified atom stereocenters. The maximum Gasteiger partial charge on any atom is 0.408 e. The number of halogens is 3. The van der Waals surface area contributed by atoms with Gasteiger partial charge in [-0.25, -0.2) is 14.6 Å². The molecule has 2 fully saturated rings. The predicted molar refractivity (Wildman–Crippen MR) is 156 cm³/mol. The van der Waals surface area contributed by atoms with Gasteiger partial charge in [0.25, 0.3) is 0 Å². The number of benzene rings is 2. The average molecular weight is 617 g/mol. The first-order valence-electron chi connectivity index (χ1n) is 15.0. The van der Waals surface area contributed by atoms with E-state index < -0.39 is 42.6 Å². The molecule has 0 bridgehead atoms. The number of carbonyl (C=O) groups excluding carboxylic acids is 2. The number of amides is 2. The molecule has 12 heteroatoms. The molecule has 2 aromatic carbocycles. The Morgan fingerprint density at radius 2 is 1.66 bits per heavy atom. The van der Waals surface area contributed by atoms with Gasteiger partial charge in [-0.05, 0) is 87.5 Å². The Labute approximate surface area is 254 Å². The number of ether oxygens (including phenoxy) is 2. The Morgan fingerprint density at radius 3 is 2.27 bits per heavy atom. The quantitative estimate of drug-likeness (QED) is 0.206. The van der Waals surface area contributed by atoms with Crippen LogP contribution in [-0.2, 0) is 22.6 Å². The zero-order valence-corrected chi connectivity index (χ0v) is 25.1. The molecule has 1 heterocycles. The Balaban J connectivity index is 1.27. The number of rotatable bonds is 12. The minimum atomic E-state index is -4.60. The number of alkyl carbamates (subject to hydrolysis) is 2. The van der Waals surface area contributed by atoms with Gasteiger partial charge in [0.05, 0.1) is 0 Å². The molecular weight excluding hydrogens is 577 g/mol. The van der Waals surface area contributed by atoms with Gasteiger partial charge in [-0.15, -0.1) is 0 Å². The summed E-state index contributed by atoms with van der Waals surface area (Å²) in [6.45, 7) is 4.21. The lowest BCUT2D eigenvalue weighted by Crippen LogP contribution is -2.50. The molecule has 2 atom stereocenters. The highest BCUT2D eigenvalue weighted by Gasteiger charge is 2.48. The van der Waals surface area contributed by atoms with E-state index in [9.17, 15) is 22.8 Å². The lowest BCUT2D eigenvalue weighted by Gasteiger charge is -2.25. The molecule has 0 radical (unpaired) electrons. The number of hydrogen-bond acceptors (Lipinski definition) is 7. The summed E-state index contributed by atoms with van der Waals surface area (Å²) in [5, 5.41) is 7.68. The van der Waals surface area contributed by atoms with Gasteiger partial charge in [-0.3, -0.25) is 0 Å². The molecule has 3 aromatic rings. The van der Waals surface area contributed by atoms with Crippen LogP contribution < -0.4 is 16.0 Å². The van der Waals surface area contributed by atoms with E-state index >= 15 is 0 Å². The van der Waals surface area contributed by atoms with Crippen molar-refractivity contribution in [3.05, 3.63) is 65.5 Å². The molecular formula is C32H39F3N4O5. The van der Waals surface area contributed by atoms with E-state index in [0.717, 1.165) is 31.2 Å². The lowest BCUT2D eigenvalue weighted by molar-refractivity contribution is -0.154. The molecule has 9 nitrogen and oxygen atoms in total. The monoisotopic (exact) mass is 616 g/mol. The number of oxazole rings is 1. The van der Waals surface area contributed by atoms with Crippen molar-refractivity contribution in [2.75, 3.05) is 6.54 Å². The van der Waals surface area contributed by atoms with Crippen molar-refractivity contribution in [3.8, 4) is 0 Å². The van der Waals surface area contributed by atoms with Crippen LogP contribution in [0.1, 0.15) is 69.5 Å². The van der Waals surface area contributed by atoms with E-state index in [-0.39, 0.29) is 19.1 Å².